The molecular formula is C10H14N2O. The minimum Gasteiger partial charge on any atom is -0.355 e. The highest BCUT2D eigenvalue weighted by Gasteiger charge is 2.15. The largest absolute Gasteiger partial charge is 0.355 e. The summed E-state index contributed by atoms with van der Waals surface area (Å²) in [5.74, 6) is 0.0491. The average Bonchev–Trinajstić information content (AvgIpc) is 2.29. The second-order valence-corrected chi connectivity index (χ2v) is 2.87. The Hall–Kier alpha value is -1.38. The molecule has 0 aliphatic carbocycles. The summed E-state index contributed by atoms with van der Waals surface area (Å²) in [5.41, 5.74) is 1.98. The van der Waals surface area contributed by atoms with E-state index in [-0.39, 0.29) is 5.91 Å². The maximum atomic E-state index is 11.2. The van der Waals surface area contributed by atoms with Crippen LogP contribution in [-0.4, -0.2) is 25.2 Å². The zero-order valence-electron chi connectivity index (χ0n) is 7.84. The summed E-state index contributed by atoms with van der Waals surface area (Å²) in [4.78, 5) is 15.3. The quantitative estimate of drug-likeness (QED) is 0.641. The van der Waals surface area contributed by atoms with Gasteiger partial charge in [0.1, 0.15) is 0 Å². The van der Waals surface area contributed by atoms with Crippen molar-refractivity contribution in [1.82, 2.24) is 5.32 Å². The number of hydrogen-bond acceptors (Lipinski definition) is 2. The molecule has 70 valence electrons. The van der Waals surface area contributed by atoms with Gasteiger partial charge in [-0.1, -0.05) is 18.7 Å². The number of aliphatic imine (C=N–C) groups is 1. The van der Waals surface area contributed by atoms with Crippen LogP contribution in [0.3, 0.4) is 0 Å². The molecule has 1 heterocycles. The number of carbonyl (C=O) groups is 1. The molecule has 0 spiro atoms. The van der Waals surface area contributed by atoms with Crippen molar-refractivity contribution in [2.75, 3.05) is 13.6 Å². The van der Waals surface area contributed by atoms with E-state index in [0.717, 1.165) is 17.7 Å². The number of amides is 1. The number of nitrogens with zero attached hydrogens (tertiary/aromatic N) is 1. The van der Waals surface area contributed by atoms with E-state index < -0.39 is 0 Å². The van der Waals surface area contributed by atoms with Crippen LogP contribution in [0.15, 0.2) is 29.3 Å². The number of allylic oxidation sites excluding steroid dienone is 2. The summed E-state index contributed by atoms with van der Waals surface area (Å²) >= 11 is 0. The SMILES string of the molecule is C=C/C=C1/CCNC(=O)CC1=NC. The van der Waals surface area contributed by atoms with Crippen molar-refractivity contribution in [3.63, 3.8) is 0 Å². The fourth-order valence-electron chi connectivity index (χ4n) is 1.35. The third-order valence-corrected chi connectivity index (χ3v) is 2.00. The van der Waals surface area contributed by atoms with E-state index in [1.54, 1.807) is 13.1 Å². The fourth-order valence-corrected chi connectivity index (χ4v) is 1.35. The monoisotopic (exact) mass is 178 g/mol. The van der Waals surface area contributed by atoms with Crippen LogP contribution >= 0.6 is 0 Å². The predicted octanol–water partition coefficient (Wildman–Crippen LogP) is 1.08. The highest BCUT2D eigenvalue weighted by atomic mass is 16.1. The second kappa shape index (κ2) is 4.60. The highest BCUT2D eigenvalue weighted by Crippen LogP contribution is 2.10. The van der Waals surface area contributed by atoms with Crippen LogP contribution in [0.25, 0.3) is 0 Å². The minimum absolute atomic E-state index is 0.0491. The summed E-state index contributed by atoms with van der Waals surface area (Å²) < 4.78 is 0. The van der Waals surface area contributed by atoms with E-state index in [1.807, 2.05) is 6.08 Å². The number of nitrogens with one attached hydrogen (secondary N) is 1. The molecule has 0 aromatic carbocycles. The van der Waals surface area contributed by atoms with E-state index in [9.17, 15) is 4.79 Å². The molecule has 0 aromatic heterocycles. The first-order chi connectivity index (χ1) is 6.27. The molecule has 1 fully saturated rings. The molecule has 1 aliphatic heterocycles. The van der Waals surface area contributed by atoms with Crippen LogP contribution in [0.5, 0.6) is 0 Å². The third-order valence-electron chi connectivity index (χ3n) is 2.00. The molecule has 0 radical (unpaired) electrons. The lowest BCUT2D eigenvalue weighted by atomic mass is 10.1. The first-order valence-corrected chi connectivity index (χ1v) is 4.32. The first kappa shape index (κ1) is 9.71. The van der Waals surface area contributed by atoms with Gasteiger partial charge in [-0.15, -0.1) is 0 Å². The normalized spacial score (nSPS) is 24.2. The fraction of sp³-hybridized carbons (Fsp3) is 0.400. The Morgan fingerprint density at radius 3 is 3.00 bits per heavy atom. The average molecular weight is 178 g/mol. The van der Waals surface area contributed by atoms with Crippen LogP contribution in [0, 0.1) is 0 Å². The van der Waals surface area contributed by atoms with E-state index >= 15 is 0 Å². The maximum Gasteiger partial charge on any atom is 0.226 e. The van der Waals surface area contributed by atoms with Gasteiger partial charge in [0.2, 0.25) is 5.91 Å². The molecular weight excluding hydrogens is 164 g/mol. The molecule has 13 heavy (non-hydrogen) atoms. The van der Waals surface area contributed by atoms with Crippen LogP contribution in [0.2, 0.25) is 0 Å². The topological polar surface area (TPSA) is 41.5 Å². The lowest BCUT2D eigenvalue weighted by Crippen LogP contribution is -2.22. The Morgan fingerprint density at radius 2 is 2.38 bits per heavy atom. The molecule has 3 heteroatoms. The number of hydrogen-bond donors (Lipinski definition) is 1. The van der Waals surface area contributed by atoms with Crippen molar-refractivity contribution in [2.45, 2.75) is 12.8 Å². The molecule has 1 N–H and O–H groups in total. The van der Waals surface area contributed by atoms with Gasteiger partial charge < -0.3 is 5.32 Å². The van der Waals surface area contributed by atoms with Gasteiger partial charge in [0.15, 0.2) is 0 Å². The molecule has 0 saturated carbocycles. The molecule has 0 atom stereocenters. The van der Waals surface area contributed by atoms with Gasteiger partial charge in [0.25, 0.3) is 0 Å². The first-order valence-electron chi connectivity index (χ1n) is 4.32. The van der Waals surface area contributed by atoms with Gasteiger partial charge in [-0.3, -0.25) is 9.79 Å². The third kappa shape index (κ3) is 2.54. The van der Waals surface area contributed by atoms with Gasteiger partial charge in [-0.25, -0.2) is 0 Å². The molecule has 1 aliphatic rings. The van der Waals surface area contributed by atoms with E-state index in [1.165, 1.54) is 0 Å². The zero-order chi connectivity index (χ0) is 9.68. The van der Waals surface area contributed by atoms with Crippen LogP contribution in [0.1, 0.15) is 12.8 Å². The highest BCUT2D eigenvalue weighted by molar-refractivity contribution is 6.11. The Labute approximate surface area is 78.2 Å². The smallest absolute Gasteiger partial charge is 0.226 e. The van der Waals surface area contributed by atoms with Crippen molar-refractivity contribution in [3.8, 4) is 0 Å². The van der Waals surface area contributed by atoms with Gasteiger partial charge in [0.05, 0.1) is 6.42 Å². The minimum atomic E-state index is 0.0491. The van der Waals surface area contributed by atoms with Crippen molar-refractivity contribution in [1.29, 1.82) is 0 Å². The predicted molar refractivity (Wildman–Crippen MR) is 53.9 cm³/mol. The number of carbonyl (C=O) groups excluding carboxylic acids is 1. The summed E-state index contributed by atoms with van der Waals surface area (Å²) in [6.45, 7) is 4.33. The maximum absolute atomic E-state index is 11.2. The Morgan fingerprint density at radius 1 is 1.62 bits per heavy atom. The van der Waals surface area contributed by atoms with Crippen LogP contribution in [0.4, 0.5) is 0 Å². The molecule has 0 aromatic rings. The molecule has 1 rings (SSSR count). The van der Waals surface area contributed by atoms with Gasteiger partial charge in [-0.2, -0.15) is 0 Å². The molecule has 0 unspecified atom stereocenters. The lowest BCUT2D eigenvalue weighted by molar-refractivity contribution is -0.119. The van der Waals surface area contributed by atoms with E-state index in [4.69, 9.17) is 0 Å². The molecule has 3 nitrogen and oxygen atoms in total. The van der Waals surface area contributed by atoms with Crippen molar-refractivity contribution in [2.24, 2.45) is 4.99 Å². The lowest BCUT2D eigenvalue weighted by Gasteiger charge is -2.02. The molecule has 1 saturated heterocycles. The Balaban J connectivity index is 2.88. The van der Waals surface area contributed by atoms with Crippen LogP contribution < -0.4 is 5.32 Å². The number of rotatable bonds is 1. The standard InChI is InChI=1S/C10H14N2O/c1-3-4-8-5-6-12-10(13)7-9(8)11-2/h3-4H,1,5-7H2,2H3,(H,12,13)/b8-4-,11-9?. The summed E-state index contributed by atoms with van der Waals surface area (Å²) in [7, 11) is 1.71. The Bertz CT molecular complexity index is 277. The van der Waals surface area contributed by atoms with E-state index in [2.05, 4.69) is 16.9 Å². The summed E-state index contributed by atoms with van der Waals surface area (Å²) in [6.07, 6.45) is 4.87. The Kier molecular flexibility index (Phi) is 3.43. The molecule has 0 bridgehead atoms. The van der Waals surface area contributed by atoms with Crippen molar-refractivity contribution < 1.29 is 4.79 Å². The van der Waals surface area contributed by atoms with E-state index in [0.29, 0.717) is 13.0 Å². The van der Waals surface area contributed by atoms with Crippen molar-refractivity contribution >= 4 is 11.6 Å². The summed E-state index contributed by atoms with van der Waals surface area (Å²) in [6, 6.07) is 0. The summed E-state index contributed by atoms with van der Waals surface area (Å²) in [5, 5.41) is 2.80. The van der Waals surface area contributed by atoms with Gasteiger partial charge in [0, 0.05) is 19.3 Å². The van der Waals surface area contributed by atoms with Gasteiger partial charge in [-0.05, 0) is 12.0 Å². The van der Waals surface area contributed by atoms with Crippen molar-refractivity contribution in [3.05, 3.63) is 24.3 Å². The zero-order valence-corrected chi connectivity index (χ0v) is 7.84. The van der Waals surface area contributed by atoms with Crippen LogP contribution in [-0.2, 0) is 4.79 Å². The second-order valence-electron chi connectivity index (χ2n) is 2.87. The van der Waals surface area contributed by atoms with Gasteiger partial charge >= 0.3 is 0 Å². The molecule has 1 amide bonds.